The predicted octanol–water partition coefficient (Wildman–Crippen LogP) is 3.88. The van der Waals surface area contributed by atoms with Crippen LogP contribution in [-0.4, -0.2) is 30.2 Å². The number of fused-ring (bicyclic) bond motifs is 2. The number of rotatable bonds is 3. The highest BCUT2D eigenvalue weighted by Gasteiger charge is 2.26. The smallest absolute Gasteiger partial charge is 0.252 e. The molecule has 0 amide bonds. The maximum Gasteiger partial charge on any atom is 0.252 e. The normalized spacial score (nSPS) is 15.2. The van der Waals surface area contributed by atoms with Gasteiger partial charge in [0.2, 0.25) is 0 Å². The number of ether oxygens (including phenoxy) is 1. The largest absolute Gasteiger partial charge is 0.488 e. The highest BCUT2D eigenvalue weighted by Crippen LogP contribution is 2.33. The molecule has 0 saturated heterocycles. The van der Waals surface area contributed by atoms with E-state index < -0.39 is 0 Å². The summed E-state index contributed by atoms with van der Waals surface area (Å²) in [5.74, 6) is 2.35. The molecule has 6 heteroatoms. The summed E-state index contributed by atoms with van der Waals surface area (Å²) in [5, 5.41) is 4.71. The van der Waals surface area contributed by atoms with Crippen LogP contribution in [0.3, 0.4) is 0 Å². The molecular formula is C22H21N5O. The van der Waals surface area contributed by atoms with Crippen molar-refractivity contribution in [3.8, 4) is 17.0 Å². The molecule has 0 bridgehead atoms. The second-order valence-corrected chi connectivity index (χ2v) is 7.79. The van der Waals surface area contributed by atoms with Crippen molar-refractivity contribution in [3.05, 3.63) is 71.9 Å². The molecule has 0 atom stereocenters. The van der Waals surface area contributed by atoms with Crippen LogP contribution in [0.2, 0.25) is 0 Å². The van der Waals surface area contributed by atoms with Gasteiger partial charge in [-0.05, 0) is 62.1 Å². The van der Waals surface area contributed by atoms with E-state index in [1.165, 1.54) is 11.1 Å². The Labute approximate surface area is 163 Å². The molecule has 5 rings (SSSR count). The zero-order chi connectivity index (χ0) is 19.1. The summed E-state index contributed by atoms with van der Waals surface area (Å²) in [4.78, 5) is 13.1. The first kappa shape index (κ1) is 16.9. The lowest BCUT2D eigenvalue weighted by Gasteiger charge is -2.32. The van der Waals surface area contributed by atoms with Crippen molar-refractivity contribution in [2.45, 2.75) is 38.7 Å². The van der Waals surface area contributed by atoms with E-state index in [9.17, 15) is 0 Å². The molecule has 0 fully saturated rings. The third-order valence-electron chi connectivity index (χ3n) is 5.13. The molecule has 0 aliphatic carbocycles. The van der Waals surface area contributed by atoms with Crippen molar-refractivity contribution < 1.29 is 4.74 Å². The second-order valence-electron chi connectivity index (χ2n) is 7.79. The average Bonchev–Trinajstić information content (AvgIpc) is 3.10. The summed E-state index contributed by atoms with van der Waals surface area (Å²) in [6.45, 7) is 4.27. The van der Waals surface area contributed by atoms with Crippen LogP contribution in [0, 0.1) is 0 Å². The number of pyridine rings is 1. The maximum atomic E-state index is 6.09. The minimum atomic E-state index is -0.0906. The van der Waals surface area contributed by atoms with Crippen LogP contribution in [0.1, 0.15) is 37.2 Å². The standard InChI is InChI=1S/C22H21N5O/c1-22(2)9-5-17-13-15(3-4-19(17)28-22)14-20-25-21-24-12-8-18(27(21)26-20)16-6-10-23-11-7-16/h3-4,6-8,10-13H,5,9,14H2,1-2H3. The van der Waals surface area contributed by atoms with E-state index in [1.54, 1.807) is 23.1 Å². The first-order valence-corrected chi connectivity index (χ1v) is 9.49. The van der Waals surface area contributed by atoms with Crippen LogP contribution in [0.15, 0.2) is 55.0 Å². The van der Waals surface area contributed by atoms with Crippen LogP contribution in [0.5, 0.6) is 5.75 Å². The molecule has 28 heavy (non-hydrogen) atoms. The Bertz CT molecular complexity index is 1150. The van der Waals surface area contributed by atoms with E-state index in [2.05, 4.69) is 47.0 Å². The van der Waals surface area contributed by atoms with Crippen molar-refractivity contribution in [3.63, 3.8) is 0 Å². The third kappa shape index (κ3) is 3.11. The number of nitrogens with zero attached hydrogens (tertiary/aromatic N) is 5. The van der Waals surface area contributed by atoms with Gasteiger partial charge in [-0.15, -0.1) is 5.10 Å². The van der Waals surface area contributed by atoms with Crippen molar-refractivity contribution in [2.24, 2.45) is 0 Å². The van der Waals surface area contributed by atoms with Crippen molar-refractivity contribution in [1.82, 2.24) is 24.6 Å². The van der Waals surface area contributed by atoms with E-state index in [4.69, 9.17) is 9.84 Å². The fourth-order valence-corrected chi connectivity index (χ4v) is 3.66. The van der Waals surface area contributed by atoms with Crippen LogP contribution in [-0.2, 0) is 12.8 Å². The highest BCUT2D eigenvalue weighted by atomic mass is 16.5. The molecule has 0 spiro atoms. The first-order valence-electron chi connectivity index (χ1n) is 9.49. The number of hydrogen-bond acceptors (Lipinski definition) is 5. The summed E-state index contributed by atoms with van der Waals surface area (Å²) >= 11 is 0. The van der Waals surface area contributed by atoms with Crippen LogP contribution >= 0.6 is 0 Å². The number of benzene rings is 1. The van der Waals surface area contributed by atoms with Crippen molar-refractivity contribution >= 4 is 5.78 Å². The summed E-state index contributed by atoms with van der Waals surface area (Å²) in [7, 11) is 0. The minimum absolute atomic E-state index is 0.0906. The lowest BCUT2D eigenvalue weighted by Crippen LogP contribution is -2.32. The van der Waals surface area contributed by atoms with Gasteiger partial charge in [0.15, 0.2) is 5.82 Å². The average molecular weight is 371 g/mol. The van der Waals surface area contributed by atoms with Crippen molar-refractivity contribution in [1.29, 1.82) is 0 Å². The molecule has 1 aliphatic heterocycles. The summed E-state index contributed by atoms with van der Waals surface area (Å²) in [6.07, 6.45) is 8.03. The first-order chi connectivity index (χ1) is 13.6. The predicted molar refractivity (Wildman–Crippen MR) is 106 cm³/mol. The van der Waals surface area contributed by atoms with Gasteiger partial charge in [0.1, 0.15) is 11.4 Å². The molecule has 6 nitrogen and oxygen atoms in total. The molecule has 0 radical (unpaired) electrons. The van der Waals surface area contributed by atoms with Crippen molar-refractivity contribution in [2.75, 3.05) is 0 Å². The number of aromatic nitrogens is 5. The van der Waals surface area contributed by atoms with Crippen LogP contribution in [0.4, 0.5) is 0 Å². The monoisotopic (exact) mass is 371 g/mol. The molecular weight excluding hydrogens is 350 g/mol. The Morgan fingerprint density at radius 2 is 1.93 bits per heavy atom. The van der Waals surface area contributed by atoms with Crippen LogP contribution < -0.4 is 4.74 Å². The van der Waals surface area contributed by atoms with E-state index >= 15 is 0 Å². The Balaban J connectivity index is 1.47. The lowest BCUT2D eigenvalue weighted by atomic mass is 9.93. The van der Waals surface area contributed by atoms with Gasteiger partial charge >= 0.3 is 0 Å². The molecule has 4 aromatic rings. The maximum absolute atomic E-state index is 6.09. The fraction of sp³-hybridized carbons (Fsp3) is 0.273. The molecule has 0 unspecified atom stereocenters. The van der Waals surface area contributed by atoms with Gasteiger partial charge in [-0.2, -0.15) is 9.50 Å². The lowest BCUT2D eigenvalue weighted by molar-refractivity contribution is 0.0846. The fourth-order valence-electron chi connectivity index (χ4n) is 3.66. The molecule has 1 aliphatic rings. The van der Waals surface area contributed by atoms with Gasteiger partial charge < -0.3 is 4.74 Å². The molecule has 0 N–H and O–H groups in total. The molecule has 4 heterocycles. The summed E-state index contributed by atoms with van der Waals surface area (Å²) < 4.78 is 7.89. The van der Waals surface area contributed by atoms with E-state index in [0.29, 0.717) is 12.2 Å². The Hall–Kier alpha value is -3.28. The Morgan fingerprint density at radius 1 is 1.07 bits per heavy atom. The quantitative estimate of drug-likeness (QED) is 0.547. The summed E-state index contributed by atoms with van der Waals surface area (Å²) in [5.41, 5.74) is 4.34. The number of aryl methyl sites for hydroxylation is 1. The molecule has 3 aromatic heterocycles. The summed E-state index contributed by atoms with van der Waals surface area (Å²) in [6, 6.07) is 12.2. The second kappa shape index (κ2) is 6.41. The minimum Gasteiger partial charge on any atom is -0.488 e. The van der Waals surface area contributed by atoms with E-state index in [-0.39, 0.29) is 5.60 Å². The third-order valence-corrected chi connectivity index (χ3v) is 5.13. The molecule has 140 valence electrons. The Morgan fingerprint density at radius 3 is 2.79 bits per heavy atom. The highest BCUT2D eigenvalue weighted by molar-refractivity contribution is 5.60. The van der Waals surface area contributed by atoms with Gasteiger partial charge in [-0.3, -0.25) is 4.98 Å². The van der Waals surface area contributed by atoms with Gasteiger partial charge in [0.05, 0.1) is 5.69 Å². The zero-order valence-corrected chi connectivity index (χ0v) is 16.0. The zero-order valence-electron chi connectivity index (χ0n) is 16.0. The Kier molecular flexibility index (Phi) is 3.86. The topological polar surface area (TPSA) is 65.2 Å². The van der Waals surface area contributed by atoms with E-state index in [1.807, 2.05) is 18.2 Å². The van der Waals surface area contributed by atoms with Gasteiger partial charge in [0, 0.05) is 30.6 Å². The molecule has 0 saturated carbocycles. The SMILES string of the molecule is CC1(C)CCc2cc(Cc3nc4nccc(-c5ccncc5)n4n3)ccc2O1. The molecule has 1 aromatic carbocycles. The number of hydrogen-bond donors (Lipinski definition) is 0. The van der Waals surface area contributed by atoms with Gasteiger partial charge in [0.25, 0.3) is 5.78 Å². The van der Waals surface area contributed by atoms with Gasteiger partial charge in [-0.1, -0.05) is 12.1 Å². The van der Waals surface area contributed by atoms with E-state index in [0.717, 1.165) is 35.7 Å². The van der Waals surface area contributed by atoms with Crippen LogP contribution in [0.25, 0.3) is 17.0 Å². The van der Waals surface area contributed by atoms with Gasteiger partial charge in [-0.25, -0.2) is 4.98 Å².